The van der Waals surface area contributed by atoms with Gasteiger partial charge in [0.05, 0.1) is 6.04 Å². The van der Waals surface area contributed by atoms with Crippen molar-refractivity contribution in [3.63, 3.8) is 0 Å². The van der Waals surface area contributed by atoms with E-state index in [1.54, 1.807) is 0 Å². The van der Waals surface area contributed by atoms with Crippen molar-refractivity contribution in [3.05, 3.63) is 40.7 Å². The lowest BCUT2D eigenvalue weighted by molar-refractivity contribution is 0.339. The lowest BCUT2D eigenvalue weighted by Crippen LogP contribution is -2.24. The molecule has 0 amide bonds. The molecule has 0 fully saturated rings. The average Bonchev–Trinajstić information content (AvgIpc) is 2.73. The smallest absolute Gasteiger partial charge is 0.239 e. The van der Waals surface area contributed by atoms with Gasteiger partial charge in [0.25, 0.3) is 0 Å². The van der Waals surface area contributed by atoms with Crippen molar-refractivity contribution in [1.82, 2.24) is 14.8 Å². The van der Waals surface area contributed by atoms with Crippen LogP contribution < -0.4 is 5.73 Å². The van der Waals surface area contributed by atoms with Crippen molar-refractivity contribution >= 4 is 17.5 Å². The molecule has 0 spiro atoms. The SMILES string of the molecule is CC1C(c2ccccc2Cl)CCc2nc(N)nn21. The minimum absolute atomic E-state index is 0.235. The van der Waals surface area contributed by atoms with Crippen LogP contribution in [0.5, 0.6) is 0 Å². The summed E-state index contributed by atoms with van der Waals surface area (Å²) < 4.78 is 1.94. The zero-order valence-corrected chi connectivity index (χ0v) is 10.9. The lowest BCUT2D eigenvalue weighted by atomic mass is 9.86. The molecule has 2 atom stereocenters. The van der Waals surface area contributed by atoms with Crippen LogP contribution in [0.15, 0.2) is 24.3 Å². The Kier molecular flexibility index (Phi) is 2.74. The van der Waals surface area contributed by atoms with Gasteiger partial charge in [0.15, 0.2) is 0 Å². The number of fused-ring (bicyclic) bond motifs is 1. The number of aryl methyl sites for hydroxylation is 1. The van der Waals surface area contributed by atoms with E-state index in [2.05, 4.69) is 23.1 Å². The van der Waals surface area contributed by atoms with Gasteiger partial charge in [0, 0.05) is 17.4 Å². The van der Waals surface area contributed by atoms with Crippen LogP contribution in [0.25, 0.3) is 0 Å². The molecule has 5 heteroatoms. The highest BCUT2D eigenvalue weighted by Gasteiger charge is 2.30. The molecule has 4 nitrogen and oxygen atoms in total. The number of halogens is 1. The lowest BCUT2D eigenvalue weighted by Gasteiger charge is -2.30. The highest BCUT2D eigenvalue weighted by molar-refractivity contribution is 6.31. The largest absolute Gasteiger partial charge is 0.366 e. The molecule has 2 unspecified atom stereocenters. The molecule has 2 N–H and O–H groups in total. The molecule has 1 aromatic carbocycles. The highest BCUT2D eigenvalue weighted by atomic mass is 35.5. The van der Waals surface area contributed by atoms with E-state index in [4.69, 9.17) is 17.3 Å². The van der Waals surface area contributed by atoms with Crippen molar-refractivity contribution in [1.29, 1.82) is 0 Å². The van der Waals surface area contributed by atoms with Gasteiger partial charge in [-0.05, 0) is 25.0 Å². The number of rotatable bonds is 1. The number of hydrogen-bond donors (Lipinski definition) is 1. The topological polar surface area (TPSA) is 56.7 Å². The quantitative estimate of drug-likeness (QED) is 0.860. The minimum Gasteiger partial charge on any atom is -0.366 e. The van der Waals surface area contributed by atoms with Gasteiger partial charge >= 0.3 is 0 Å². The molecule has 2 heterocycles. The maximum absolute atomic E-state index is 6.29. The second-order valence-corrected chi connectivity index (χ2v) is 5.15. The summed E-state index contributed by atoms with van der Waals surface area (Å²) in [5.74, 6) is 1.70. The number of anilines is 1. The summed E-state index contributed by atoms with van der Waals surface area (Å²) in [7, 11) is 0. The van der Waals surface area contributed by atoms with Crippen molar-refractivity contribution in [2.75, 3.05) is 5.73 Å². The first kappa shape index (κ1) is 11.5. The van der Waals surface area contributed by atoms with Gasteiger partial charge in [0.2, 0.25) is 5.95 Å². The molecule has 2 aromatic rings. The van der Waals surface area contributed by atoms with Crippen LogP contribution in [0, 0.1) is 0 Å². The molecule has 0 radical (unpaired) electrons. The van der Waals surface area contributed by atoms with Gasteiger partial charge in [-0.3, -0.25) is 0 Å². The number of hydrogen-bond acceptors (Lipinski definition) is 3. The van der Waals surface area contributed by atoms with Crippen molar-refractivity contribution in [3.8, 4) is 0 Å². The van der Waals surface area contributed by atoms with Crippen LogP contribution in [-0.4, -0.2) is 14.8 Å². The molecule has 0 saturated heterocycles. The van der Waals surface area contributed by atoms with Gasteiger partial charge in [0.1, 0.15) is 5.82 Å². The zero-order chi connectivity index (χ0) is 12.7. The summed E-state index contributed by atoms with van der Waals surface area (Å²) in [4.78, 5) is 4.25. The van der Waals surface area contributed by atoms with E-state index in [0.29, 0.717) is 11.9 Å². The summed E-state index contributed by atoms with van der Waals surface area (Å²) in [6.07, 6.45) is 1.92. The molecule has 94 valence electrons. The Morgan fingerprint density at radius 3 is 2.94 bits per heavy atom. The third-order valence-corrected chi connectivity index (χ3v) is 4.01. The van der Waals surface area contributed by atoms with Crippen LogP contribution in [0.3, 0.4) is 0 Å². The van der Waals surface area contributed by atoms with Crippen LogP contribution in [0.2, 0.25) is 5.02 Å². The van der Waals surface area contributed by atoms with Crippen LogP contribution in [0.4, 0.5) is 5.95 Å². The number of nitrogens with two attached hydrogens (primary N) is 1. The molecular weight excluding hydrogens is 248 g/mol. The van der Waals surface area contributed by atoms with Crippen LogP contribution in [-0.2, 0) is 6.42 Å². The Labute approximate surface area is 111 Å². The fraction of sp³-hybridized carbons (Fsp3) is 0.385. The number of aromatic nitrogens is 3. The number of nitrogen functional groups attached to an aromatic ring is 1. The summed E-state index contributed by atoms with van der Waals surface area (Å²) in [6, 6.07) is 8.25. The molecule has 0 aliphatic carbocycles. The molecule has 18 heavy (non-hydrogen) atoms. The van der Waals surface area contributed by atoms with Gasteiger partial charge in [-0.2, -0.15) is 4.98 Å². The highest BCUT2D eigenvalue weighted by Crippen LogP contribution is 2.39. The molecular formula is C13H15ClN4. The zero-order valence-electron chi connectivity index (χ0n) is 10.2. The summed E-state index contributed by atoms with van der Waals surface area (Å²) in [6.45, 7) is 2.14. The first-order valence-electron chi connectivity index (χ1n) is 6.12. The number of benzene rings is 1. The third kappa shape index (κ3) is 1.77. The predicted molar refractivity (Wildman–Crippen MR) is 71.7 cm³/mol. The molecule has 0 bridgehead atoms. The number of nitrogens with zero attached hydrogens (tertiary/aromatic N) is 3. The van der Waals surface area contributed by atoms with Crippen molar-refractivity contribution < 1.29 is 0 Å². The van der Waals surface area contributed by atoms with E-state index < -0.39 is 0 Å². The first-order chi connectivity index (χ1) is 8.66. The molecule has 3 rings (SSSR count). The van der Waals surface area contributed by atoms with E-state index in [1.165, 1.54) is 5.56 Å². The van der Waals surface area contributed by atoms with E-state index in [-0.39, 0.29) is 6.04 Å². The molecule has 1 aliphatic rings. The van der Waals surface area contributed by atoms with E-state index in [9.17, 15) is 0 Å². The van der Waals surface area contributed by atoms with E-state index >= 15 is 0 Å². The Morgan fingerprint density at radius 2 is 2.17 bits per heavy atom. The fourth-order valence-corrected chi connectivity index (χ4v) is 3.03. The minimum atomic E-state index is 0.235. The standard InChI is InChI=1S/C13H15ClN4/c1-8-9(10-4-2-3-5-11(10)14)6-7-12-16-13(15)17-18(8)12/h2-5,8-9H,6-7H2,1H3,(H2,15,17). The maximum atomic E-state index is 6.29. The monoisotopic (exact) mass is 262 g/mol. The Morgan fingerprint density at radius 1 is 1.39 bits per heavy atom. The van der Waals surface area contributed by atoms with E-state index in [0.717, 1.165) is 23.7 Å². The fourth-order valence-electron chi connectivity index (χ4n) is 2.76. The summed E-state index contributed by atoms with van der Waals surface area (Å²) >= 11 is 6.29. The molecule has 1 aromatic heterocycles. The van der Waals surface area contributed by atoms with Gasteiger partial charge in [-0.15, -0.1) is 5.10 Å². The second-order valence-electron chi connectivity index (χ2n) is 4.74. The summed E-state index contributed by atoms with van der Waals surface area (Å²) in [5.41, 5.74) is 6.85. The van der Waals surface area contributed by atoms with Crippen molar-refractivity contribution in [2.45, 2.75) is 31.7 Å². The van der Waals surface area contributed by atoms with Gasteiger partial charge in [-0.25, -0.2) is 4.68 Å². The Bertz CT molecular complexity index is 578. The molecule has 0 saturated carbocycles. The van der Waals surface area contributed by atoms with Crippen LogP contribution >= 0.6 is 11.6 Å². The Balaban J connectivity index is 2.00. The Hall–Kier alpha value is -1.55. The van der Waals surface area contributed by atoms with Gasteiger partial charge in [-0.1, -0.05) is 29.8 Å². The van der Waals surface area contributed by atoms with Gasteiger partial charge < -0.3 is 5.73 Å². The third-order valence-electron chi connectivity index (χ3n) is 3.67. The second kappa shape index (κ2) is 4.28. The van der Waals surface area contributed by atoms with Crippen molar-refractivity contribution in [2.24, 2.45) is 0 Å². The molecule has 1 aliphatic heterocycles. The van der Waals surface area contributed by atoms with E-state index in [1.807, 2.05) is 22.9 Å². The first-order valence-corrected chi connectivity index (χ1v) is 6.50. The average molecular weight is 263 g/mol. The van der Waals surface area contributed by atoms with Crippen LogP contribution in [0.1, 0.15) is 36.7 Å². The summed E-state index contributed by atoms with van der Waals surface area (Å²) in [5, 5.41) is 5.10. The maximum Gasteiger partial charge on any atom is 0.239 e. The predicted octanol–water partition coefficient (Wildman–Crippen LogP) is 2.80. The normalized spacial score (nSPS) is 22.8.